The van der Waals surface area contributed by atoms with Crippen LogP contribution in [0, 0.1) is 5.92 Å². The summed E-state index contributed by atoms with van der Waals surface area (Å²) in [5.74, 6) is 2.73. The standard InChI is InChI=1S/C33H38ClN7O3/c1-43-28-17-23-9-12-37-33(26(23)18-29(28)44-2)10-7-22(8-11-33)32(42)40-15-13-39(14-16-40)30-25-19-38-41(31(25)36-21-35-30)20-24-5-3-4-6-27(24)34/h3-6,17-19,21-22,37H,7-16,20H2,1-2H3. The number of nitrogens with one attached hydrogen (secondary N) is 1. The van der Waals surface area contributed by atoms with Gasteiger partial charge in [-0.3, -0.25) is 4.79 Å². The summed E-state index contributed by atoms with van der Waals surface area (Å²) in [6.45, 7) is 4.27. The average molecular weight is 616 g/mol. The van der Waals surface area contributed by atoms with Crippen LogP contribution >= 0.6 is 11.6 Å². The van der Waals surface area contributed by atoms with Crippen LogP contribution in [0.3, 0.4) is 0 Å². The molecule has 10 nitrogen and oxygen atoms in total. The zero-order valence-electron chi connectivity index (χ0n) is 25.3. The number of carbonyl (C=O) groups is 1. The summed E-state index contributed by atoms with van der Waals surface area (Å²) in [5, 5.41) is 10.0. The molecule has 230 valence electrons. The van der Waals surface area contributed by atoms with Gasteiger partial charge in [-0.15, -0.1) is 0 Å². The van der Waals surface area contributed by atoms with Crippen LogP contribution in [-0.2, 0) is 23.3 Å². The molecule has 3 aliphatic rings. The number of benzene rings is 2. The SMILES string of the molecule is COc1cc2c(cc1OC)C1(CCC(C(=O)N3CCN(c4ncnc5c4cnn5Cc4ccccc4Cl)CC3)CC1)NCC2. The van der Waals surface area contributed by atoms with Gasteiger partial charge in [0.2, 0.25) is 5.91 Å². The molecule has 11 heteroatoms. The Kier molecular flexibility index (Phi) is 7.80. The van der Waals surface area contributed by atoms with Crippen LogP contribution in [0.1, 0.15) is 42.4 Å². The number of piperazine rings is 1. The quantitative estimate of drug-likeness (QED) is 0.340. The van der Waals surface area contributed by atoms with Crippen LogP contribution in [0.2, 0.25) is 5.02 Å². The maximum absolute atomic E-state index is 13.7. The van der Waals surface area contributed by atoms with Gasteiger partial charge in [-0.25, -0.2) is 14.6 Å². The van der Waals surface area contributed by atoms with E-state index in [1.54, 1.807) is 20.5 Å². The number of aromatic nitrogens is 4. The number of amides is 1. The summed E-state index contributed by atoms with van der Waals surface area (Å²) >= 11 is 6.39. The minimum absolute atomic E-state index is 0.0493. The summed E-state index contributed by atoms with van der Waals surface area (Å²) in [6, 6.07) is 12.1. The largest absolute Gasteiger partial charge is 0.493 e. The molecule has 1 saturated heterocycles. The highest BCUT2D eigenvalue weighted by Gasteiger charge is 2.43. The molecule has 2 fully saturated rings. The fraction of sp³-hybridized carbons (Fsp3) is 0.455. The Balaban J connectivity index is 0.997. The smallest absolute Gasteiger partial charge is 0.225 e. The molecule has 2 aliphatic heterocycles. The van der Waals surface area contributed by atoms with Gasteiger partial charge in [0, 0.05) is 49.2 Å². The molecule has 1 saturated carbocycles. The van der Waals surface area contributed by atoms with E-state index < -0.39 is 0 Å². The minimum Gasteiger partial charge on any atom is -0.493 e. The van der Waals surface area contributed by atoms with Crippen molar-refractivity contribution in [2.75, 3.05) is 51.8 Å². The fourth-order valence-electron chi connectivity index (χ4n) is 7.34. The minimum atomic E-state index is -0.114. The number of hydrogen-bond acceptors (Lipinski definition) is 8. The molecule has 7 rings (SSSR count). The number of rotatable bonds is 6. The van der Waals surface area contributed by atoms with Crippen molar-refractivity contribution in [3.05, 3.63) is 70.6 Å². The van der Waals surface area contributed by atoms with Crippen molar-refractivity contribution in [3.8, 4) is 11.5 Å². The monoisotopic (exact) mass is 615 g/mol. The van der Waals surface area contributed by atoms with E-state index in [4.69, 9.17) is 21.1 Å². The van der Waals surface area contributed by atoms with Gasteiger partial charge >= 0.3 is 0 Å². The molecule has 2 aromatic carbocycles. The second-order valence-electron chi connectivity index (χ2n) is 12.0. The van der Waals surface area contributed by atoms with Crippen LogP contribution in [0.25, 0.3) is 11.0 Å². The van der Waals surface area contributed by atoms with E-state index in [0.717, 1.165) is 85.7 Å². The summed E-state index contributed by atoms with van der Waals surface area (Å²) in [7, 11) is 3.37. The van der Waals surface area contributed by atoms with Crippen molar-refractivity contribution in [1.82, 2.24) is 30.0 Å². The number of hydrogen-bond donors (Lipinski definition) is 1. The molecular formula is C33H38ClN7O3. The highest BCUT2D eigenvalue weighted by Crippen LogP contribution is 2.46. The van der Waals surface area contributed by atoms with E-state index in [-0.39, 0.29) is 17.4 Å². The van der Waals surface area contributed by atoms with Gasteiger partial charge in [0.15, 0.2) is 17.1 Å². The normalized spacial score (nSPS) is 21.8. The molecular weight excluding hydrogens is 578 g/mol. The zero-order chi connectivity index (χ0) is 30.3. The predicted molar refractivity (Wildman–Crippen MR) is 170 cm³/mol. The van der Waals surface area contributed by atoms with E-state index in [1.165, 1.54) is 11.1 Å². The Morgan fingerprint density at radius 1 is 1.05 bits per heavy atom. The van der Waals surface area contributed by atoms with Gasteiger partial charge in [-0.05, 0) is 67.0 Å². The molecule has 0 bridgehead atoms. The molecule has 0 atom stereocenters. The van der Waals surface area contributed by atoms with E-state index >= 15 is 0 Å². The lowest BCUT2D eigenvalue weighted by atomic mass is 9.69. The van der Waals surface area contributed by atoms with Gasteiger partial charge in [0.1, 0.15) is 12.1 Å². The van der Waals surface area contributed by atoms with Gasteiger partial charge in [0.05, 0.1) is 32.3 Å². The molecule has 4 aromatic rings. The highest BCUT2D eigenvalue weighted by molar-refractivity contribution is 6.31. The fourth-order valence-corrected chi connectivity index (χ4v) is 7.54. The summed E-state index contributed by atoms with van der Waals surface area (Å²) in [6.07, 6.45) is 8.01. The van der Waals surface area contributed by atoms with Gasteiger partial charge in [0.25, 0.3) is 0 Å². The lowest BCUT2D eigenvalue weighted by Crippen LogP contribution is -2.53. The van der Waals surface area contributed by atoms with Crippen molar-refractivity contribution in [2.45, 2.75) is 44.2 Å². The van der Waals surface area contributed by atoms with Crippen LogP contribution < -0.4 is 19.7 Å². The average Bonchev–Trinajstić information content (AvgIpc) is 3.48. The Morgan fingerprint density at radius 2 is 1.80 bits per heavy atom. The number of fused-ring (bicyclic) bond motifs is 3. The second kappa shape index (κ2) is 11.9. The Bertz CT molecular complexity index is 1680. The number of halogens is 1. The zero-order valence-corrected chi connectivity index (χ0v) is 26.0. The van der Waals surface area contributed by atoms with Crippen molar-refractivity contribution in [3.63, 3.8) is 0 Å². The predicted octanol–water partition coefficient (Wildman–Crippen LogP) is 4.43. The van der Waals surface area contributed by atoms with Gasteiger partial charge < -0.3 is 24.6 Å². The molecule has 1 amide bonds. The van der Waals surface area contributed by atoms with Crippen LogP contribution in [0.5, 0.6) is 11.5 Å². The third-order valence-electron chi connectivity index (χ3n) is 9.75. The highest BCUT2D eigenvalue weighted by atomic mass is 35.5. The third-order valence-corrected chi connectivity index (χ3v) is 10.1. The van der Waals surface area contributed by atoms with Crippen LogP contribution in [-0.4, -0.2) is 77.5 Å². The van der Waals surface area contributed by atoms with Crippen molar-refractivity contribution < 1.29 is 14.3 Å². The topological polar surface area (TPSA) is 97.6 Å². The van der Waals surface area contributed by atoms with Crippen molar-refractivity contribution in [1.29, 1.82) is 0 Å². The van der Waals surface area contributed by atoms with Gasteiger partial charge in [-0.1, -0.05) is 29.8 Å². The molecule has 0 radical (unpaired) electrons. The summed E-state index contributed by atoms with van der Waals surface area (Å²) in [4.78, 5) is 27.2. The molecule has 0 unspecified atom stereocenters. The number of methoxy groups -OCH3 is 2. The molecule has 1 N–H and O–H groups in total. The second-order valence-corrected chi connectivity index (χ2v) is 12.4. The number of ether oxygens (including phenoxy) is 2. The maximum atomic E-state index is 13.7. The number of nitrogens with zero attached hydrogens (tertiary/aromatic N) is 6. The first kappa shape index (κ1) is 28.9. The molecule has 4 heterocycles. The molecule has 1 aliphatic carbocycles. The summed E-state index contributed by atoms with van der Waals surface area (Å²) < 4.78 is 13.1. The Morgan fingerprint density at radius 3 is 2.55 bits per heavy atom. The number of carbonyl (C=O) groups excluding carboxylic acids is 1. The Hall–Kier alpha value is -3.89. The Labute approximate surface area is 262 Å². The third kappa shape index (κ3) is 5.13. The van der Waals surface area contributed by atoms with Crippen molar-refractivity contribution >= 4 is 34.4 Å². The first-order valence-corrected chi connectivity index (χ1v) is 15.8. The maximum Gasteiger partial charge on any atom is 0.225 e. The van der Waals surface area contributed by atoms with E-state index in [1.807, 2.05) is 35.1 Å². The van der Waals surface area contributed by atoms with E-state index in [2.05, 4.69) is 42.3 Å². The first-order chi connectivity index (χ1) is 21.5. The lowest BCUT2D eigenvalue weighted by molar-refractivity contribution is -0.137. The van der Waals surface area contributed by atoms with Crippen LogP contribution in [0.4, 0.5) is 5.82 Å². The van der Waals surface area contributed by atoms with E-state index in [9.17, 15) is 4.79 Å². The van der Waals surface area contributed by atoms with E-state index in [0.29, 0.717) is 24.7 Å². The molecule has 1 spiro atoms. The van der Waals surface area contributed by atoms with Gasteiger partial charge in [-0.2, -0.15) is 5.10 Å². The number of anilines is 1. The molecule has 2 aromatic heterocycles. The van der Waals surface area contributed by atoms with Crippen LogP contribution in [0.15, 0.2) is 48.9 Å². The lowest BCUT2D eigenvalue weighted by Gasteiger charge is -2.46. The summed E-state index contributed by atoms with van der Waals surface area (Å²) in [5.41, 5.74) is 4.27. The molecule has 44 heavy (non-hydrogen) atoms. The first-order valence-electron chi connectivity index (χ1n) is 15.4. The van der Waals surface area contributed by atoms with Crippen molar-refractivity contribution in [2.24, 2.45) is 5.92 Å².